The van der Waals surface area contributed by atoms with E-state index in [2.05, 4.69) is 5.32 Å². The van der Waals surface area contributed by atoms with E-state index in [0.29, 0.717) is 12.3 Å². The van der Waals surface area contributed by atoms with E-state index in [0.717, 1.165) is 17.7 Å². The zero-order valence-corrected chi connectivity index (χ0v) is 10.6. The highest BCUT2D eigenvalue weighted by Gasteiger charge is 2.13. The molecule has 0 spiro atoms. The van der Waals surface area contributed by atoms with Gasteiger partial charge in [0, 0.05) is 18.0 Å². The number of carbonyl (C=O) groups is 1. The molecule has 3 N–H and O–H groups in total. The summed E-state index contributed by atoms with van der Waals surface area (Å²) in [6, 6.07) is 5.39. The Bertz CT molecular complexity index is 391. The number of aryl methyl sites for hydroxylation is 1. The van der Waals surface area contributed by atoms with E-state index < -0.39 is 6.10 Å². The fraction of sp³-hybridized carbons (Fsp3) is 0.462. The number of ether oxygens (including phenoxy) is 1. The Labute approximate surface area is 102 Å². The van der Waals surface area contributed by atoms with Crippen LogP contribution in [0.25, 0.3) is 0 Å². The van der Waals surface area contributed by atoms with Crippen LogP contribution in [0.4, 0.5) is 11.4 Å². The maximum absolute atomic E-state index is 11.8. The first-order chi connectivity index (χ1) is 8.04. The van der Waals surface area contributed by atoms with Crippen molar-refractivity contribution in [2.45, 2.75) is 33.3 Å². The minimum absolute atomic E-state index is 0.133. The lowest BCUT2D eigenvalue weighted by atomic mass is 10.1. The Kier molecular flexibility index (Phi) is 4.97. The third-order valence-corrected chi connectivity index (χ3v) is 2.45. The fourth-order valence-electron chi connectivity index (χ4n) is 1.43. The smallest absolute Gasteiger partial charge is 0.253 e. The molecule has 1 atom stereocenters. The van der Waals surface area contributed by atoms with Gasteiger partial charge in [0.2, 0.25) is 0 Å². The number of anilines is 2. The molecule has 17 heavy (non-hydrogen) atoms. The van der Waals surface area contributed by atoms with Gasteiger partial charge >= 0.3 is 0 Å². The van der Waals surface area contributed by atoms with E-state index in [9.17, 15) is 4.79 Å². The first kappa shape index (κ1) is 13.5. The van der Waals surface area contributed by atoms with Crippen molar-refractivity contribution >= 4 is 17.3 Å². The van der Waals surface area contributed by atoms with Crippen LogP contribution in [0, 0.1) is 6.92 Å². The Balaban J connectivity index is 2.61. The quantitative estimate of drug-likeness (QED) is 0.771. The van der Waals surface area contributed by atoms with Crippen molar-refractivity contribution in [1.82, 2.24) is 0 Å². The molecule has 0 fully saturated rings. The van der Waals surface area contributed by atoms with Crippen molar-refractivity contribution in [2.75, 3.05) is 17.7 Å². The molecule has 1 aromatic carbocycles. The van der Waals surface area contributed by atoms with E-state index in [1.54, 1.807) is 19.1 Å². The second kappa shape index (κ2) is 6.25. The molecule has 0 heterocycles. The maximum Gasteiger partial charge on any atom is 0.253 e. The molecule has 4 nitrogen and oxygen atoms in total. The Morgan fingerprint density at radius 2 is 2.24 bits per heavy atom. The van der Waals surface area contributed by atoms with Crippen LogP contribution < -0.4 is 11.1 Å². The summed E-state index contributed by atoms with van der Waals surface area (Å²) in [5.74, 6) is -0.133. The highest BCUT2D eigenvalue weighted by atomic mass is 16.5. The van der Waals surface area contributed by atoms with Crippen LogP contribution in [0.2, 0.25) is 0 Å². The normalized spacial score (nSPS) is 12.2. The van der Waals surface area contributed by atoms with Gasteiger partial charge in [-0.25, -0.2) is 0 Å². The van der Waals surface area contributed by atoms with Crippen LogP contribution in [0.15, 0.2) is 18.2 Å². The van der Waals surface area contributed by atoms with Gasteiger partial charge in [0.05, 0.1) is 0 Å². The van der Waals surface area contributed by atoms with E-state index >= 15 is 0 Å². The zero-order chi connectivity index (χ0) is 12.8. The molecule has 0 bridgehead atoms. The van der Waals surface area contributed by atoms with Crippen LogP contribution in [0.1, 0.15) is 25.8 Å². The highest BCUT2D eigenvalue weighted by Crippen LogP contribution is 2.17. The zero-order valence-electron chi connectivity index (χ0n) is 10.6. The lowest BCUT2D eigenvalue weighted by Crippen LogP contribution is -2.28. The molecule has 0 aliphatic rings. The van der Waals surface area contributed by atoms with Gasteiger partial charge in [0.15, 0.2) is 0 Å². The number of nitrogens with two attached hydrogens (primary N) is 1. The standard InChI is InChI=1S/C13H20N2O2/c1-4-7-17-10(3)13(16)15-12-6-5-11(14)8-9(12)2/h5-6,8,10H,4,7,14H2,1-3H3,(H,15,16). The number of nitrogen functional groups attached to an aromatic ring is 1. The topological polar surface area (TPSA) is 64.3 Å². The molecular formula is C13H20N2O2. The molecule has 1 amide bonds. The van der Waals surface area contributed by atoms with Crippen molar-refractivity contribution in [2.24, 2.45) is 0 Å². The summed E-state index contributed by atoms with van der Waals surface area (Å²) in [6.45, 7) is 6.26. The van der Waals surface area contributed by atoms with Crippen LogP contribution >= 0.6 is 0 Å². The number of hydrogen-bond acceptors (Lipinski definition) is 3. The molecule has 1 rings (SSSR count). The average Bonchev–Trinajstić information content (AvgIpc) is 2.29. The lowest BCUT2D eigenvalue weighted by molar-refractivity contribution is -0.126. The lowest BCUT2D eigenvalue weighted by Gasteiger charge is -2.14. The minimum atomic E-state index is -0.438. The summed E-state index contributed by atoms with van der Waals surface area (Å²) in [5.41, 5.74) is 8.06. The maximum atomic E-state index is 11.8. The first-order valence-electron chi connectivity index (χ1n) is 5.83. The van der Waals surface area contributed by atoms with Gasteiger partial charge in [0.1, 0.15) is 6.10 Å². The Morgan fingerprint density at radius 1 is 1.53 bits per heavy atom. The highest BCUT2D eigenvalue weighted by molar-refractivity contribution is 5.94. The summed E-state index contributed by atoms with van der Waals surface area (Å²) >= 11 is 0. The van der Waals surface area contributed by atoms with E-state index in [1.165, 1.54) is 0 Å². The molecule has 0 aromatic heterocycles. The molecular weight excluding hydrogens is 216 g/mol. The van der Waals surface area contributed by atoms with Crippen molar-refractivity contribution in [1.29, 1.82) is 0 Å². The third-order valence-electron chi connectivity index (χ3n) is 2.45. The average molecular weight is 236 g/mol. The second-order valence-electron chi connectivity index (χ2n) is 4.08. The van der Waals surface area contributed by atoms with Gasteiger partial charge in [-0.15, -0.1) is 0 Å². The van der Waals surface area contributed by atoms with Crippen LogP contribution in [-0.2, 0) is 9.53 Å². The van der Waals surface area contributed by atoms with Crippen molar-refractivity contribution in [3.63, 3.8) is 0 Å². The molecule has 0 saturated carbocycles. The fourth-order valence-corrected chi connectivity index (χ4v) is 1.43. The van der Waals surface area contributed by atoms with E-state index in [4.69, 9.17) is 10.5 Å². The molecule has 4 heteroatoms. The number of rotatable bonds is 5. The monoisotopic (exact) mass is 236 g/mol. The molecule has 94 valence electrons. The summed E-state index contributed by atoms with van der Waals surface area (Å²) in [5, 5.41) is 2.83. The van der Waals surface area contributed by atoms with Gasteiger partial charge in [-0.05, 0) is 44.0 Å². The van der Waals surface area contributed by atoms with E-state index in [1.807, 2.05) is 19.9 Å². The van der Waals surface area contributed by atoms with Gasteiger partial charge in [0.25, 0.3) is 5.91 Å². The predicted octanol–water partition coefficient (Wildman–Crippen LogP) is 2.33. The number of amides is 1. The van der Waals surface area contributed by atoms with Gasteiger partial charge < -0.3 is 15.8 Å². The number of nitrogens with one attached hydrogen (secondary N) is 1. The predicted molar refractivity (Wildman–Crippen MR) is 69.9 cm³/mol. The van der Waals surface area contributed by atoms with Crippen LogP contribution in [0.5, 0.6) is 0 Å². The molecule has 0 aliphatic carbocycles. The summed E-state index contributed by atoms with van der Waals surface area (Å²) in [7, 11) is 0. The van der Waals surface area contributed by atoms with Gasteiger partial charge in [-0.2, -0.15) is 0 Å². The largest absolute Gasteiger partial charge is 0.399 e. The van der Waals surface area contributed by atoms with Crippen molar-refractivity contribution in [3.8, 4) is 0 Å². The van der Waals surface area contributed by atoms with Crippen molar-refractivity contribution in [3.05, 3.63) is 23.8 Å². The molecule has 1 unspecified atom stereocenters. The summed E-state index contributed by atoms with van der Waals surface area (Å²) in [6.07, 6.45) is 0.463. The van der Waals surface area contributed by atoms with Crippen LogP contribution in [-0.4, -0.2) is 18.6 Å². The molecule has 1 aromatic rings. The third kappa shape index (κ3) is 4.07. The number of carbonyl (C=O) groups excluding carboxylic acids is 1. The molecule has 0 aliphatic heterocycles. The molecule has 0 radical (unpaired) electrons. The Hall–Kier alpha value is -1.55. The molecule has 0 saturated heterocycles. The second-order valence-corrected chi connectivity index (χ2v) is 4.08. The Morgan fingerprint density at radius 3 is 2.82 bits per heavy atom. The minimum Gasteiger partial charge on any atom is -0.399 e. The first-order valence-corrected chi connectivity index (χ1v) is 5.83. The summed E-state index contributed by atoms with van der Waals surface area (Å²) in [4.78, 5) is 11.8. The summed E-state index contributed by atoms with van der Waals surface area (Å²) < 4.78 is 5.35. The number of benzene rings is 1. The van der Waals surface area contributed by atoms with Crippen LogP contribution in [0.3, 0.4) is 0 Å². The van der Waals surface area contributed by atoms with E-state index in [-0.39, 0.29) is 5.91 Å². The van der Waals surface area contributed by atoms with Gasteiger partial charge in [-0.1, -0.05) is 6.92 Å². The number of hydrogen-bond donors (Lipinski definition) is 2. The van der Waals surface area contributed by atoms with Gasteiger partial charge in [-0.3, -0.25) is 4.79 Å². The SMILES string of the molecule is CCCOC(C)C(=O)Nc1ccc(N)cc1C. The van der Waals surface area contributed by atoms with Crippen molar-refractivity contribution < 1.29 is 9.53 Å².